The van der Waals surface area contributed by atoms with Crippen LogP contribution in [-0.2, 0) is 0 Å². The number of aryl methyl sites for hydroxylation is 1. The molecule has 6 nitrogen and oxygen atoms in total. The fourth-order valence-electron chi connectivity index (χ4n) is 2.68. The van der Waals surface area contributed by atoms with E-state index < -0.39 is 0 Å². The Labute approximate surface area is 169 Å². The van der Waals surface area contributed by atoms with Crippen molar-refractivity contribution < 1.29 is 9.47 Å². The highest BCUT2D eigenvalue weighted by Gasteiger charge is 2.09. The fraction of sp³-hybridized carbons (Fsp3) is 0.286. The highest BCUT2D eigenvalue weighted by Crippen LogP contribution is 2.27. The minimum atomic E-state index is 0.397. The number of hydrogen-bond acceptors (Lipinski definition) is 5. The predicted octanol–water partition coefficient (Wildman–Crippen LogP) is 4.70. The molecule has 0 aliphatic heterocycles. The van der Waals surface area contributed by atoms with E-state index in [0.717, 1.165) is 11.3 Å². The number of halogens is 1. The first-order valence-corrected chi connectivity index (χ1v) is 9.45. The van der Waals surface area contributed by atoms with Crippen LogP contribution in [-0.4, -0.2) is 34.3 Å². The molecule has 0 amide bonds. The van der Waals surface area contributed by atoms with Gasteiger partial charge in [0, 0.05) is 10.6 Å². The Kier molecular flexibility index (Phi) is 6.66. The second-order valence-corrected chi connectivity index (χ2v) is 7.10. The lowest BCUT2D eigenvalue weighted by atomic mass is 10.0. The molecule has 0 spiro atoms. The first-order chi connectivity index (χ1) is 13.5. The maximum Gasteiger partial charge on any atom is 0.141 e. The molecule has 3 rings (SSSR count). The van der Waals surface area contributed by atoms with E-state index in [-0.39, 0.29) is 0 Å². The normalized spacial score (nSPS) is 11.3. The minimum Gasteiger partial charge on any atom is -0.490 e. The third-order valence-electron chi connectivity index (χ3n) is 4.10. The van der Waals surface area contributed by atoms with E-state index in [1.54, 1.807) is 18.3 Å². The van der Waals surface area contributed by atoms with Gasteiger partial charge in [-0.25, -0.2) is 4.68 Å². The van der Waals surface area contributed by atoms with Crippen LogP contribution in [0.5, 0.6) is 11.5 Å². The Bertz CT molecular complexity index is 940. The first kappa shape index (κ1) is 19.9. The van der Waals surface area contributed by atoms with Crippen molar-refractivity contribution in [2.75, 3.05) is 13.2 Å². The minimum absolute atomic E-state index is 0.397. The predicted molar refractivity (Wildman–Crippen MR) is 111 cm³/mol. The molecular weight excluding hydrogens is 376 g/mol. The molecule has 0 radical (unpaired) electrons. The summed E-state index contributed by atoms with van der Waals surface area (Å²) >= 11 is 6.11. The van der Waals surface area contributed by atoms with Crippen LogP contribution >= 0.6 is 11.6 Å². The highest BCUT2D eigenvalue weighted by atomic mass is 35.5. The largest absolute Gasteiger partial charge is 0.490 e. The van der Waals surface area contributed by atoms with Gasteiger partial charge < -0.3 is 9.47 Å². The summed E-state index contributed by atoms with van der Waals surface area (Å²) in [5.74, 6) is 1.98. The van der Waals surface area contributed by atoms with Crippen molar-refractivity contribution in [3.8, 4) is 11.5 Å². The van der Waals surface area contributed by atoms with Crippen LogP contribution in [0.1, 0.15) is 36.5 Å². The third-order valence-corrected chi connectivity index (χ3v) is 4.33. The fourth-order valence-corrected chi connectivity index (χ4v) is 2.86. The number of benzene rings is 2. The van der Waals surface area contributed by atoms with E-state index in [9.17, 15) is 0 Å². The highest BCUT2D eigenvalue weighted by molar-refractivity contribution is 6.30. The third kappa shape index (κ3) is 5.33. The summed E-state index contributed by atoms with van der Waals surface area (Å²) in [4.78, 5) is 0. The second kappa shape index (κ2) is 9.37. The zero-order valence-electron chi connectivity index (χ0n) is 16.2. The van der Waals surface area contributed by atoms with E-state index in [2.05, 4.69) is 54.3 Å². The standard InChI is InChI=1S/C21H23ClN4O2/c1-15(2)19-6-4-16(3)10-21(19)28-9-8-27-20-7-5-18(22)11-17(20)12-25-26-13-23-24-14-26/h4-7,10-15H,8-9H2,1-3H3/b25-12-. The molecule has 1 aromatic heterocycles. The van der Waals surface area contributed by atoms with Gasteiger partial charge in [-0.2, -0.15) is 5.10 Å². The van der Waals surface area contributed by atoms with Crippen LogP contribution in [0.15, 0.2) is 54.2 Å². The Morgan fingerprint density at radius 3 is 2.46 bits per heavy atom. The van der Waals surface area contributed by atoms with Crippen LogP contribution in [0.3, 0.4) is 0 Å². The maximum absolute atomic E-state index is 6.11. The molecule has 2 aromatic carbocycles. The van der Waals surface area contributed by atoms with Crippen LogP contribution in [0.4, 0.5) is 0 Å². The average Bonchev–Trinajstić information content (AvgIpc) is 3.18. The Morgan fingerprint density at radius 1 is 1.04 bits per heavy atom. The molecule has 0 aliphatic rings. The van der Waals surface area contributed by atoms with Gasteiger partial charge in [-0.1, -0.05) is 37.6 Å². The number of hydrogen-bond donors (Lipinski definition) is 0. The van der Waals surface area contributed by atoms with Crippen molar-refractivity contribution in [1.29, 1.82) is 0 Å². The van der Waals surface area contributed by atoms with Crippen molar-refractivity contribution in [1.82, 2.24) is 14.9 Å². The van der Waals surface area contributed by atoms with E-state index in [4.69, 9.17) is 21.1 Å². The van der Waals surface area contributed by atoms with Crippen LogP contribution in [0, 0.1) is 6.92 Å². The Balaban J connectivity index is 1.63. The van der Waals surface area contributed by atoms with Gasteiger partial charge in [0.1, 0.15) is 37.4 Å². The van der Waals surface area contributed by atoms with Crippen LogP contribution < -0.4 is 9.47 Å². The molecule has 0 saturated carbocycles. The van der Waals surface area contributed by atoms with Crippen molar-refractivity contribution in [2.45, 2.75) is 26.7 Å². The smallest absolute Gasteiger partial charge is 0.141 e. The Morgan fingerprint density at radius 2 is 1.75 bits per heavy atom. The molecule has 0 aliphatic carbocycles. The average molecular weight is 399 g/mol. The quantitative estimate of drug-likeness (QED) is 0.407. The summed E-state index contributed by atoms with van der Waals surface area (Å²) in [6, 6.07) is 11.7. The molecule has 7 heteroatoms. The molecule has 0 bridgehead atoms. The summed E-state index contributed by atoms with van der Waals surface area (Å²) < 4.78 is 13.4. The summed E-state index contributed by atoms with van der Waals surface area (Å²) in [6.07, 6.45) is 4.66. The lowest BCUT2D eigenvalue weighted by Gasteiger charge is -2.15. The van der Waals surface area contributed by atoms with Gasteiger partial charge in [0.25, 0.3) is 0 Å². The van der Waals surface area contributed by atoms with Gasteiger partial charge in [0.2, 0.25) is 0 Å². The number of ether oxygens (including phenoxy) is 2. The molecule has 1 heterocycles. The monoisotopic (exact) mass is 398 g/mol. The zero-order valence-corrected chi connectivity index (χ0v) is 16.9. The van der Waals surface area contributed by atoms with Gasteiger partial charge in [0.15, 0.2) is 0 Å². The summed E-state index contributed by atoms with van der Waals surface area (Å²) in [7, 11) is 0. The zero-order chi connectivity index (χ0) is 19.9. The molecule has 0 fully saturated rings. The summed E-state index contributed by atoms with van der Waals surface area (Å²) in [6.45, 7) is 7.21. The van der Waals surface area contributed by atoms with Crippen LogP contribution in [0.25, 0.3) is 0 Å². The van der Waals surface area contributed by atoms with Crippen molar-refractivity contribution in [3.63, 3.8) is 0 Å². The topological polar surface area (TPSA) is 61.5 Å². The van der Waals surface area contributed by atoms with Gasteiger partial charge in [0.05, 0.1) is 6.21 Å². The second-order valence-electron chi connectivity index (χ2n) is 6.66. The molecular formula is C21H23ClN4O2. The maximum atomic E-state index is 6.11. The number of aromatic nitrogens is 3. The molecule has 0 atom stereocenters. The SMILES string of the molecule is Cc1ccc(C(C)C)c(OCCOc2ccc(Cl)cc2/C=N\n2cnnc2)c1. The molecule has 0 saturated heterocycles. The summed E-state index contributed by atoms with van der Waals surface area (Å²) in [5.41, 5.74) is 3.13. The molecule has 0 N–H and O–H groups in total. The van der Waals surface area contributed by atoms with Gasteiger partial charge in [-0.3, -0.25) is 0 Å². The molecule has 3 aromatic rings. The summed E-state index contributed by atoms with van der Waals surface area (Å²) in [5, 5.41) is 12.3. The number of nitrogens with zero attached hydrogens (tertiary/aromatic N) is 4. The van der Waals surface area contributed by atoms with Crippen molar-refractivity contribution in [2.24, 2.45) is 5.10 Å². The molecule has 0 unspecified atom stereocenters. The van der Waals surface area contributed by atoms with E-state index in [0.29, 0.717) is 29.9 Å². The Hall–Kier alpha value is -2.86. The lowest BCUT2D eigenvalue weighted by Crippen LogP contribution is -2.11. The van der Waals surface area contributed by atoms with Crippen molar-refractivity contribution >= 4 is 17.8 Å². The van der Waals surface area contributed by atoms with E-state index in [1.165, 1.54) is 28.5 Å². The van der Waals surface area contributed by atoms with Crippen LogP contribution in [0.2, 0.25) is 5.02 Å². The van der Waals surface area contributed by atoms with Gasteiger partial charge in [-0.05, 0) is 48.2 Å². The van der Waals surface area contributed by atoms with Crippen molar-refractivity contribution in [3.05, 3.63) is 70.8 Å². The van der Waals surface area contributed by atoms with Gasteiger partial charge in [-0.15, -0.1) is 10.2 Å². The van der Waals surface area contributed by atoms with E-state index in [1.807, 2.05) is 6.07 Å². The molecule has 28 heavy (non-hydrogen) atoms. The van der Waals surface area contributed by atoms with Gasteiger partial charge >= 0.3 is 0 Å². The van der Waals surface area contributed by atoms with E-state index >= 15 is 0 Å². The molecule has 146 valence electrons. The number of rotatable bonds is 8. The first-order valence-electron chi connectivity index (χ1n) is 9.07. The lowest BCUT2D eigenvalue weighted by molar-refractivity contribution is 0.215.